The maximum atomic E-state index is 5.43. The van der Waals surface area contributed by atoms with E-state index in [4.69, 9.17) is 4.74 Å². The Morgan fingerprint density at radius 1 is 1.43 bits per heavy atom. The summed E-state index contributed by atoms with van der Waals surface area (Å²) in [6.07, 6.45) is 2.54. The normalized spacial score (nSPS) is 35.4. The van der Waals surface area contributed by atoms with Crippen molar-refractivity contribution in [3.05, 3.63) is 0 Å². The third-order valence-corrected chi connectivity index (χ3v) is 3.90. The number of hydrogen-bond acceptors (Lipinski definition) is 3. The monoisotopic (exact) mass is 198 g/mol. The maximum Gasteiger partial charge on any atom is 0.0622 e. The second-order valence-electron chi connectivity index (χ2n) is 4.68. The minimum absolute atomic E-state index is 0.658. The summed E-state index contributed by atoms with van der Waals surface area (Å²) in [6, 6.07) is 1.35. The zero-order valence-corrected chi connectivity index (χ0v) is 9.33. The van der Waals surface area contributed by atoms with E-state index in [9.17, 15) is 0 Å². The zero-order chi connectivity index (χ0) is 9.97. The number of likely N-dealkylation sites (N-methyl/N-ethyl adjacent to an activating group) is 1. The Morgan fingerprint density at radius 2 is 2.29 bits per heavy atom. The Labute approximate surface area is 86.8 Å². The van der Waals surface area contributed by atoms with Gasteiger partial charge in [0.2, 0.25) is 0 Å². The van der Waals surface area contributed by atoms with Crippen LogP contribution < -0.4 is 5.32 Å². The highest BCUT2D eigenvalue weighted by Crippen LogP contribution is 2.21. The lowest BCUT2D eigenvalue weighted by Crippen LogP contribution is -2.43. The fourth-order valence-corrected chi connectivity index (χ4v) is 2.60. The van der Waals surface area contributed by atoms with Crippen molar-refractivity contribution in [2.75, 3.05) is 33.4 Å². The molecule has 2 rings (SSSR count). The van der Waals surface area contributed by atoms with E-state index in [-0.39, 0.29) is 0 Å². The van der Waals surface area contributed by atoms with Gasteiger partial charge in [0.25, 0.3) is 0 Å². The smallest absolute Gasteiger partial charge is 0.0622 e. The highest BCUT2D eigenvalue weighted by Gasteiger charge is 2.29. The highest BCUT2D eigenvalue weighted by molar-refractivity contribution is 4.85. The molecule has 0 radical (unpaired) electrons. The molecule has 3 heteroatoms. The molecular formula is C11H22N2O. The first-order valence-corrected chi connectivity index (χ1v) is 5.79. The van der Waals surface area contributed by atoms with Crippen molar-refractivity contribution >= 4 is 0 Å². The van der Waals surface area contributed by atoms with E-state index >= 15 is 0 Å². The van der Waals surface area contributed by atoms with Gasteiger partial charge in [0.1, 0.15) is 0 Å². The van der Waals surface area contributed by atoms with E-state index in [1.165, 1.54) is 25.9 Å². The van der Waals surface area contributed by atoms with Crippen LogP contribution in [0.1, 0.15) is 19.8 Å². The van der Waals surface area contributed by atoms with Crippen molar-refractivity contribution in [1.29, 1.82) is 0 Å². The first kappa shape index (κ1) is 10.4. The minimum Gasteiger partial charge on any atom is -0.380 e. The van der Waals surface area contributed by atoms with Gasteiger partial charge < -0.3 is 10.1 Å². The minimum atomic E-state index is 0.658. The Kier molecular flexibility index (Phi) is 3.42. The molecule has 2 heterocycles. The van der Waals surface area contributed by atoms with Crippen LogP contribution in [0, 0.1) is 5.92 Å². The summed E-state index contributed by atoms with van der Waals surface area (Å²) in [5, 5.41) is 3.44. The predicted molar refractivity (Wildman–Crippen MR) is 57.4 cm³/mol. The fraction of sp³-hybridized carbons (Fsp3) is 1.00. The standard InChI is InChI=1S/C11H22N2O/c1-9(10-3-5-12-7-10)13(2)11-4-6-14-8-11/h9-12H,3-8H2,1-2H3. The van der Waals surface area contributed by atoms with Crippen LogP contribution in [-0.2, 0) is 4.74 Å². The maximum absolute atomic E-state index is 5.43. The second-order valence-corrected chi connectivity index (χ2v) is 4.68. The van der Waals surface area contributed by atoms with Gasteiger partial charge in [-0.15, -0.1) is 0 Å². The van der Waals surface area contributed by atoms with Gasteiger partial charge in [0.05, 0.1) is 6.61 Å². The molecule has 3 atom stereocenters. The number of hydrogen-bond donors (Lipinski definition) is 1. The molecule has 0 saturated carbocycles. The fourth-order valence-electron chi connectivity index (χ4n) is 2.60. The van der Waals surface area contributed by atoms with E-state index in [1.54, 1.807) is 0 Å². The second kappa shape index (κ2) is 4.60. The van der Waals surface area contributed by atoms with E-state index in [1.807, 2.05) is 0 Å². The van der Waals surface area contributed by atoms with Crippen molar-refractivity contribution in [1.82, 2.24) is 10.2 Å². The summed E-state index contributed by atoms with van der Waals surface area (Å²) < 4.78 is 5.43. The molecule has 82 valence electrons. The summed E-state index contributed by atoms with van der Waals surface area (Å²) >= 11 is 0. The van der Waals surface area contributed by atoms with Gasteiger partial charge in [-0.2, -0.15) is 0 Å². The molecule has 0 aromatic carbocycles. The van der Waals surface area contributed by atoms with Gasteiger partial charge in [0.15, 0.2) is 0 Å². The lowest BCUT2D eigenvalue weighted by Gasteiger charge is -2.33. The zero-order valence-electron chi connectivity index (χ0n) is 9.33. The van der Waals surface area contributed by atoms with E-state index < -0.39 is 0 Å². The molecule has 0 aliphatic carbocycles. The molecule has 0 spiro atoms. The molecular weight excluding hydrogens is 176 g/mol. The molecule has 0 amide bonds. The van der Waals surface area contributed by atoms with Crippen molar-refractivity contribution in [2.45, 2.75) is 31.8 Å². The predicted octanol–water partition coefficient (Wildman–Crippen LogP) is 0.705. The molecule has 2 fully saturated rings. The lowest BCUT2D eigenvalue weighted by atomic mass is 9.98. The largest absolute Gasteiger partial charge is 0.380 e. The van der Waals surface area contributed by atoms with Gasteiger partial charge in [-0.25, -0.2) is 0 Å². The van der Waals surface area contributed by atoms with Crippen molar-refractivity contribution in [3.8, 4) is 0 Å². The van der Waals surface area contributed by atoms with Crippen LogP contribution in [-0.4, -0.2) is 50.3 Å². The number of nitrogens with zero attached hydrogens (tertiary/aromatic N) is 1. The summed E-state index contributed by atoms with van der Waals surface area (Å²) in [5.74, 6) is 0.834. The molecule has 0 bridgehead atoms. The molecule has 0 aromatic heterocycles. The number of rotatable bonds is 3. The summed E-state index contributed by atoms with van der Waals surface area (Å²) in [6.45, 7) is 6.63. The molecule has 3 unspecified atom stereocenters. The van der Waals surface area contributed by atoms with Crippen LogP contribution in [0.25, 0.3) is 0 Å². The van der Waals surface area contributed by atoms with Crippen LogP contribution in [0.2, 0.25) is 0 Å². The van der Waals surface area contributed by atoms with E-state index in [0.29, 0.717) is 12.1 Å². The van der Waals surface area contributed by atoms with Gasteiger partial charge in [-0.1, -0.05) is 0 Å². The van der Waals surface area contributed by atoms with Crippen LogP contribution in [0.15, 0.2) is 0 Å². The number of nitrogens with one attached hydrogen (secondary N) is 1. The third kappa shape index (κ3) is 2.10. The average Bonchev–Trinajstić information content (AvgIpc) is 2.87. The third-order valence-electron chi connectivity index (χ3n) is 3.90. The van der Waals surface area contributed by atoms with Crippen LogP contribution >= 0.6 is 0 Å². The first-order chi connectivity index (χ1) is 6.79. The Bertz CT molecular complexity index is 154. The van der Waals surface area contributed by atoms with Gasteiger partial charge in [-0.3, -0.25) is 4.90 Å². The summed E-state index contributed by atoms with van der Waals surface area (Å²) in [5.41, 5.74) is 0. The summed E-state index contributed by atoms with van der Waals surface area (Å²) in [7, 11) is 2.25. The molecule has 2 aliphatic heterocycles. The first-order valence-electron chi connectivity index (χ1n) is 5.79. The summed E-state index contributed by atoms with van der Waals surface area (Å²) in [4.78, 5) is 2.52. The van der Waals surface area contributed by atoms with Crippen molar-refractivity contribution < 1.29 is 4.74 Å². The van der Waals surface area contributed by atoms with E-state index in [2.05, 4.69) is 24.2 Å². The van der Waals surface area contributed by atoms with Crippen LogP contribution in [0.5, 0.6) is 0 Å². The molecule has 2 saturated heterocycles. The molecule has 14 heavy (non-hydrogen) atoms. The van der Waals surface area contributed by atoms with Gasteiger partial charge in [-0.05, 0) is 45.8 Å². The Balaban J connectivity index is 1.85. The highest BCUT2D eigenvalue weighted by atomic mass is 16.5. The Morgan fingerprint density at radius 3 is 2.86 bits per heavy atom. The van der Waals surface area contributed by atoms with Crippen LogP contribution in [0.4, 0.5) is 0 Å². The number of ether oxygens (including phenoxy) is 1. The Hall–Kier alpha value is -0.120. The SMILES string of the molecule is CC(C1CCNC1)N(C)C1CCOC1. The molecule has 1 N–H and O–H groups in total. The van der Waals surface area contributed by atoms with Gasteiger partial charge >= 0.3 is 0 Å². The van der Waals surface area contributed by atoms with Gasteiger partial charge in [0, 0.05) is 18.7 Å². The molecule has 2 aliphatic rings. The van der Waals surface area contributed by atoms with Crippen molar-refractivity contribution in [2.24, 2.45) is 5.92 Å². The van der Waals surface area contributed by atoms with E-state index in [0.717, 1.165) is 19.1 Å². The van der Waals surface area contributed by atoms with Crippen LogP contribution in [0.3, 0.4) is 0 Å². The quantitative estimate of drug-likeness (QED) is 0.722. The topological polar surface area (TPSA) is 24.5 Å². The average molecular weight is 198 g/mol. The van der Waals surface area contributed by atoms with Crippen molar-refractivity contribution in [3.63, 3.8) is 0 Å². The molecule has 3 nitrogen and oxygen atoms in total. The lowest BCUT2D eigenvalue weighted by molar-refractivity contribution is 0.115. The molecule has 0 aromatic rings.